The van der Waals surface area contributed by atoms with Crippen LogP contribution >= 0.6 is 0 Å². The van der Waals surface area contributed by atoms with Gasteiger partial charge in [0.15, 0.2) is 5.82 Å². The van der Waals surface area contributed by atoms with Gasteiger partial charge in [0.2, 0.25) is 5.91 Å². The maximum atomic E-state index is 13.2. The van der Waals surface area contributed by atoms with Crippen molar-refractivity contribution >= 4 is 17.7 Å². The van der Waals surface area contributed by atoms with Crippen molar-refractivity contribution in [3.63, 3.8) is 0 Å². The molecular formula is C33H41N9O3. The molecule has 1 aromatic heterocycles. The molecule has 1 saturated heterocycles. The number of nitrogens with one attached hydrogen (secondary N) is 2. The summed E-state index contributed by atoms with van der Waals surface area (Å²) in [5.41, 5.74) is 4.22. The van der Waals surface area contributed by atoms with Crippen LogP contribution in [0.1, 0.15) is 81.4 Å². The molecular weight excluding hydrogens is 570 g/mol. The number of aryl methyl sites for hydroxylation is 2. The zero-order chi connectivity index (χ0) is 32.3. The zero-order valence-electron chi connectivity index (χ0n) is 26.6. The van der Waals surface area contributed by atoms with Gasteiger partial charge in [-0.1, -0.05) is 19.1 Å². The molecule has 1 aliphatic heterocycles. The summed E-state index contributed by atoms with van der Waals surface area (Å²) in [7, 11) is 6.93. The lowest BCUT2D eigenvalue weighted by Crippen LogP contribution is -2.46. The van der Waals surface area contributed by atoms with Gasteiger partial charge in [0, 0.05) is 51.9 Å². The van der Waals surface area contributed by atoms with E-state index in [9.17, 15) is 19.6 Å². The number of tetrazole rings is 1. The van der Waals surface area contributed by atoms with E-state index in [-0.39, 0.29) is 36.3 Å². The minimum absolute atomic E-state index is 0.0884. The number of fused-ring (bicyclic) bond motifs is 2. The molecule has 5 rings (SSSR count). The highest BCUT2D eigenvalue weighted by atomic mass is 16.2. The number of benzene rings is 2. The Balaban J connectivity index is 1.63. The second-order valence-electron chi connectivity index (χ2n) is 12.4. The lowest BCUT2D eigenvalue weighted by atomic mass is 9.67. The maximum absolute atomic E-state index is 13.2. The molecule has 3 aromatic rings. The summed E-state index contributed by atoms with van der Waals surface area (Å²) >= 11 is 0. The molecule has 0 saturated carbocycles. The molecule has 12 heteroatoms. The third-order valence-corrected chi connectivity index (χ3v) is 9.16. The number of H-pyrrole nitrogens is 1. The van der Waals surface area contributed by atoms with Crippen molar-refractivity contribution in [2.45, 2.75) is 62.9 Å². The van der Waals surface area contributed by atoms with Crippen LogP contribution in [-0.2, 0) is 23.1 Å². The third kappa shape index (κ3) is 6.04. The summed E-state index contributed by atoms with van der Waals surface area (Å²) in [6, 6.07) is 13.3. The smallest absolute Gasteiger partial charge is 0.253 e. The van der Waals surface area contributed by atoms with Crippen molar-refractivity contribution in [3.8, 4) is 6.07 Å². The fraction of sp³-hybridized carbons (Fsp3) is 0.485. The van der Waals surface area contributed by atoms with E-state index in [4.69, 9.17) is 0 Å². The number of aromatic nitrogens is 4. The van der Waals surface area contributed by atoms with E-state index in [1.54, 1.807) is 42.9 Å². The Morgan fingerprint density at radius 3 is 2.13 bits per heavy atom. The summed E-state index contributed by atoms with van der Waals surface area (Å²) in [6.07, 6.45) is 4.02. The molecule has 2 aromatic carbocycles. The Kier molecular flexibility index (Phi) is 9.29. The lowest BCUT2D eigenvalue weighted by Gasteiger charge is -2.37. The standard InChI is InChI=1S/C33H41N9O3/c1-6-25(35-20-29(43)42-15-7-8-26(42)19-34)18-33(32-36-38-39-37-32)27-13-11-23(30(44)40(2)3)16-21(27)9-10-22-17-24(12-14-28(22)33)31(45)41(4)5/h11-14,16-17,25-26,35H,6-10,15,18,20H2,1-5H3,(H,36,37,38,39)/t25-,26+/m1/s1. The number of aromatic amines is 1. The average Bonchev–Trinajstić information content (AvgIpc) is 3.74. The Hall–Kier alpha value is -4.63. The summed E-state index contributed by atoms with van der Waals surface area (Å²) < 4.78 is 0. The molecule has 3 amide bonds. The van der Waals surface area contributed by atoms with E-state index >= 15 is 0 Å². The predicted octanol–water partition coefficient (Wildman–Crippen LogP) is 2.31. The molecule has 236 valence electrons. The fourth-order valence-electron chi connectivity index (χ4n) is 6.81. The van der Waals surface area contributed by atoms with Gasteiger partial charge < -0.3 is 20.0 Å². The number of hydrogen-bond donors (Lipinski definition) is 2. The number of amides is 3. The number of nitrogens with zero attached hydrogens (tertiary/aromatic N) is 7. The molecule has 2 atom stereocenters. The zero-order valence-corrected chi connectivity index (χ0v) is 26.6. The first kappa shape index (κ1) is 31.8. The number of rotatable bonds is 9. The normalized spacial score (nSPS) is 17.4. The van der Waals surface area contributed by atoms with Crippen LogP contribution in [0.2, 0.25) is 0 Å². The van der Waals surface area contributed by atoms with Crippen LogP contribution in [0.4, 0.5) is 0 Å². The topological polar surface area (TPSA) is 151 Å². The quantitative estimate of drug-likeness (QED) is 0.374. The minimum atomic E-state index is -0.885. The summed E-state index contributed by atoms with van der Waals surface area (Å²) in [4.78, 5) is 44.0. The van der Waals surface area contributed by atoms with Crippen molar-refractivity contribution in [1.82, 2.24) is 40.6 Å². The van der Waals surface area contributed by atoms with Crippen molar-refractivity contribution in [1.29, 1.82) is 5.26 Å². The molecule has 1 aliphatic carbocycles. The Morgan fingerprint density at radius 1 is 1.04 bits per heavy atom. The molecule has 0 radical (unpaired) electrons. The predicted molar refractivity (Wildman–Crippen MR) is 167 cm³/mol. The SMILES string of the molecule is CC[C@H](CC1(c2nnn[nH]2)c2ccc(C(=O)N(C)C)cc2CCc2cc(C(=O)N(C)C)ccc21)NCC(=O)N1CCC[C@H]1C#N. The van der Waals surface area contributed by atoms with Crippen LogP contribution in [0.5, 0.6) is 0 Å². The van der Waals surface area contributed by atoms with Crippen LogP contribution in [0.15, 0.2) is 36.4 Å². The molecule has 12 nitrogen and oxygen atoms in total. The number of likely N-dealkylation sites (tertiary alicyclic amines) is 1. The first-order chi connectivity index (χ1) is 21.6. The highest BCUT2D eigenvalue weighted by Crippen LogP contribution is 2.47. The molecule has 0 unspecified atom stereocenters. The Bertz CT molecular complexity index is 1540. The molecule has 0 spiro atoms. The van der Waals surface area contributed by atoms with Crippen molar-refractivity contribution in [2.75, 3.05) is 41.3 Å². The van der Waals surface area contributed by atoms with E-state index in [0.717, 1.165) is 28.7 Å². The maximum Gasteiger partial charge on any atom is 0.253 e. The van der Waals surface area contributed by atoms with Gasteiger partial charge in [0.05, 0.1) is 18.0 Å². The molecule has 2 heterocycles. The molecule has 2 N–H and O–H groups in total. The molecule has 45 heavy (non-hydrogen) atoms. The van der Waals surface area contributed by atoms with E-state index in [0.29, 0.717) is 55.6 Å². The van der Waals surface area contributed by atoms with E-state index < -0.39 is 5.41 Å². The van der Waals surface area contributed by atoms with E-state index in [1.165, 1.54) is 0 Å². The van der Waals surface area contributed by atoms with Gasteiger partial charge in [-0.3, -0.25) is 14.4 Å². The summed E-state index contributed by atoms with van der Waals surface area (Å²) in [5, 5.41) is 28.5. The average molecular weight is 612 g/mol. The molecule has 1 fully saturated rings. The van der Waals surface area contributed by atoms with Gasteiger partial charge in [-0.25, -0.2) is 5.10 Å². The van der Waals surface area contributed by atoms with Crippen LogP contribution in [0, 0.1) is 11.3 Å². The largest absolute Gasteiger partial charge is 0.345 e. The van der Waals surface area contributed by atoms with Crippen LogP contribution in [0.25, 0.3) is 0 Å². The van der Waals surface area contributed by atoms with Gasteiger partial charge in [-0.05, 0) is 95.5 Å². The van der Waals surface area contributed by atoms with Crippen molar-refractivity contribution < 1.29 is 14.4 Å². The first-order valence-corrected chi connectivity index (χ1v) is 15.5. The second-order valence-corrected chi connectivity index (χ2v) is 12.4. The lowest BCUT2D eigenvalue weighted by molar-refractivity contribution is -0.130. The molecule has 0 bridgehead atoms. The number of carbonyl (C=O) groups is 3. The van der Waals surface area contributed by atoms with E-state index in [2.05, 4.69) is 38.9 Å². The first-order valence-electron chi connectivity index (χ1n) is 15.5. The van der Waals surface area contributed by atoms with Gasteiger partial charge in [0.25, 0.3) is 11.8 Å². The monoisotopic (exact) mass is 611 g/mol. The van der Waals surface area contributed by atoms with Crippen LogP contribution in [-0.4, -0.2) is 106 Å². The minimum Gasteiger partial charge on any atom is -0.345 e. The van der Waals surface area contributed by atoms with Gasteiger partial charge in [-0.2, -0.15) is 5.26 Å². The van der Waals surface area contributed by atoms with E-state index in [1.807, 2.05) is 36.4 Å². The van der Waals surface area contributed by atoms with Gasteiger partial charge >= 0.3 is 0 Å². The Morgan fingerprint density at radius 2 is 1.64 bits per heavy atom. The second kappa shape index (κ2) is 13.2. The number of hydrogen-bond acceptors (Lipinski definition) is 8. The van der Waals surface area contributed by atoms with Gasteiger partial charge in [-0.15, -0.1) is 5.10 Å². The van der Waals surface area contributed by atoms with Crippen LogP contribution < -0.4 is 5.32 Å². The highest BCUT2D eigenvalue weighted by Gasteiger charge is 2.46. The third-order valence-electron chi connectivity index (χ3n) is 9.16. The van der Waals surface area contributed by atoms with Gasteiger partial charge in [0.1, 0.15) is 6.04 Å². The number of nitriles is 1. The fourth-order valence-corrected chi connectivity index (χ4v) is 6.81. The Labute approximate surface area is 263 Å². The number of carbonyl (C=O) groups excluding carboxylic acids is 3. The van der Waals surface area contributed by atoms with Crippen molar-refractivity contribution in [3.05, 3.63) is 75.6 Å². The highest BCUT2D eigenvalue weighted by molar-refractivity contribution is 5.95. The summed E-state index contributed by atoms with van der Waals surface area (Å²) in [6.45, 7) is 2.76. The van der Waals surface area contributed by atoms with Crippen molar-refractivity contribution in [2.24, 2.45) is 0 Å². The summed E-state index contributed by atoms with van der Waals surface area (Å²) in [5.74, 6) is 0.276. The molecule has 2 aliphatic rings. The van der Waals surface area contributed by atoms with Crippen LogP contribution in [0.3, 0.4) is 0 Å².